The van der Waals surface area contributed by atoms with Crippen LogP contribution in [0.2, 0.25) is 0 Å². The van der Waals surface area contributed by atoms with Crippen molar-refractivity contribution >= 4 is 22.4 Å². The lowest BCUT2D eigenvalue weighted by Crippen LogP contribution is -2.26. The highest BCUT2D eigenvalue weighted by atomic mass is 35.5. The molecule has 1 atom stereocenters. The topological polar surface area (TPSA) is 58.2 Å². The summed E-state index contributed by atoms with van der Waals surface area (Å²) in [6, 6.07) is 8.49. The van der Waals surface area contributed by atoms with Crippen molar-refractivity contribution < 1.29 is 8.42 Å². The molecule has 1 unspecified atom stereocenters. The first-order chi connectivity index (χ1) is 8.18. The van der Waals surface area contributed by atoms with E-state index in [1.54, 1.807) is 24.3 Å². The van der Waals surface area contributed by atoms with Gasteiger partial charge in [-0.1, -0.05) is 18.2 Å². The first kappa shape index (κ1) is 15.4. The lowest BCUT2D eigenvalue weighted by molar-refractivity contribution is 0.519. The molecule has 0 radical (unpaired) electrons. The van der Waals surface area contributed by atoms with Crippen molar-refractivity contribution in [2.24, 2.45) is 5.92 Å². The summed E-state index contributed by atoms with van der Waals surface area (Å²) in [4.78, 5) is 0.338. The smallest absolute Gasteiger partial charge is 0.240 e. The van der Waals surface area contributed by atoms with E-state index in [1.807, 2.05) is 6.07 Å². The van der Waals surface area contributed by atoms with Crippen molar-refractivity contribution in [1.29, 1.82) is 0 Å². The van der Waals surface area contributed by atoms with Gasteiger partial charge in [0.1, 0.15) is 0 Å². The highest BCUT2D eigenvalue weighted by Crippen LogP contribution is 2.12. The molecule has 4 nitrogen and oxygen atoms in total. The molecule has 1 saturated heterocycles. The lowest BCUT2D eigenvalue weighted by Gasteiger charge is -2.09. The number of sulfonamides is 1. The lowest BCUT2D eigenvalue weighted by atomic mass is 10.1. The molecule has 2 rings (SSSR count). The Balaban J connectivity index is 0.00000162. The van der Waals surface area contributed by atoms with Crippen molar-refractivity contribution in [1.82, 2.24) is 10.0 Å². The normalized spacial score (nSPS) is 19.4. The zero-order valence-corrected chi connectivity index (χ0v) is 11.8. The van der Waals surface area contributed by atoms with Crippen LogP contribution in [0, 0.1) is 5.92 Å². The minimum Gasteiger partial charge on any atom is -0.316 e. The Morgan fingerprint density at radius 1 is 1.28 bits per heavy atom. The standard InChI is InChI=1S/C12H18N2O2S.ClH/c15-17(16,12-4-2-1-3-5-12)14-9-7-11-6-8-13-10-11;/h1-5,11,13-14H,6-10H2;1H. The van der Waals surface area contributed by atoms with Gasteiger partial charge in [-0.3, -0.25) is 0 Å². The first-order valence-corrected chi connectivity index (χ1v) is 7.42. The van der Waals surface area contributed by atoms with Gasteiger partial charge in [0.15, 0.2) is 0 Å². The van der Waals surface area contributed by atoms with Gasteiger partial charge in [0, 0.05) is 6.54 Å². The number of nitrogens with one attached hydrogen (secondary N) is 2. The molecule has 1 aromatic carbocycles. The Bertz CT molecular complexity index is 444. The van der Waals surface area contributed by atoms with E-state index in [2.05, 4.69) is 10.0 Å². The van der Waals surface area contributed by atoms with Gasteiger partial charge in [0.05, 0.1) is 4.90 Å². The van der Waals surface area contributed by atoms with E-state index in [9.17, 15) is 8.42 Å². The number of halogens is 1. The van der Waals surface area contributed by atoms with Crippen molar-refractivity contribution in [3.63, 3.8) is 0 Å². The van der Waals surface area contributed by atoms with Crippen LogP contribution in [0.4, 0.5) is 0 Å². The van der Waals surface area contributed by atoms with Crippen LogP contribution in [0.25, 0.3) is 0 Å². The summed E-state index contributed by atoms with van der Waals surface area (Å²) in [5.41, 5.74) is 0. The van der Waals surface area contributed by atoms with E-state index in [0.29, 0.717) is 17.4 Å². The molecule has 1 aromatic rings. The van der Waals surface area contributed by atoms with E-state index in [4.69, 9.17) is 0 Å². The summed E-state index contributed by atoms with van der Waals surface area (Å²) < 4.78 is 26.4. The average Bonchev–Trinajstić information content (AvgIpc) is 2.83. The molecule has 2 N–H and O–H groups in total. The fourth-order valence-electron chi connectivity index (χ4n) is 2.04. The van der Waals surface area contributed by atoms with Crippen LogP contribution in [-0.4, -0.2) is 28.1 Å². The predicted molar refractivity (Wildman–Crippen MR) is 74.5 cm³/mol. The van der Waals surface area contributed by atoms with Crippen LogP contribution in [0.15, 0.2) is 35.2 Å². The van der Waals surface area contributed by atoms with E-state index >= 15 is 0 Å². The molecule has 18 heavy (non-hydrogen) atoms. The molecule has 0 saturated carbocycles. The molecule has 0 amide bonds. The largest absolute Gasteiger partial charge is 0.316 e. The second kappa shape index (κ2) is 7.09. The van der Waals surface area contributed by atoms with Crippen LogP contribution in [0.5, 0.6) is 0 Å². The number of rotatable bonds is 5. The molecule has 1 aliphatic rings. The molecule has 6 heteroatoms. The number of hydrogen-bond acceptors (Lipinski definition) is 3. The van der Waals surface area contributed by atoms with Crippen LogP contribution >= 0.6 is 12.4 Å². The summed E-state index contributed by atoms with van der Waals surface area (Å²) in [6.07, 6.45) is 2.05. The zero-order chi connectivity index (χ0) is 12.1. The summed E-state index contributed by atoms with van der Waals surface area (Å²) >= 11 is 0. The fraction of sp³-hybridized carbons (Fsp3) is 0.500. The SMILES string of the molecule is Cl.O=S(=O)(NCCC1CCNC1)c1ccccc1. The monoisotopic (exact) mass is 290 g/mol. The third kappa shape index (κ3) is 4.24. The fourth-order valence-corrected chi connectivity index (χ4v) is 3.11. The van der Waals surface area contributed by atoms with Crippen molar-refractivity contribution in [3.05, 3.63) is 30.3 Å². The molecule has 1 aliphatic heterocycles. The highest BCUT2D eigenvalue weighted by molar-refractivity contribution is 7.89. The maximum absolute atomic E-state index is 11.9. The third-order valence-electron chi connectivity index (χ3n) is 3.06. The Morgan fingerprint density at radius 3 is 2.61 bits per heavy atom. The Kier molecular flexibility index (Phi) is 6.08. The van der Waals surface area contributed by atoms with E-state index < -0.39 is 10.0 Å². The number of benzene rings is 1. The average molecular weight is 291 g/mol. The van der Waals surface area contributed by atoms with E-state index in [1.165, 1.54) is 0 Å². The summed E-state index contributed by atoms with van der Waals surface area (Å²) in [7, 11) is -3.32. The maximum Gasteiger partial charge on any atom is 0.240 e. The quantitative estimate of drug-likeness (QED) is 0.861. The molecule has 1 fully saturated rings. The molecule has 0 aliphatic carbocycles. The van der Waals surface area contributed by atoms with Gasteiger partial charge in [0.25, 0.3) is 0 Å². The molecule has 0 aromatic heterocycles. The Labute approximate surface area is 115 Å². The van der Waals surface area contributed by atoms with Gasteiger partial charge < -0.3 is 5.32 Å². The van der Waals surface area contributed by atoms with Gasteiger partial charge in [-0.15, -0.1) is 12.4 Å². The molecule has 102 valence electrons. The highest BCUT2D eigenvalue weighted by Gasteiger charge is 2.16. The summed E-state index contributed by atoms with van der Waals surface area (Å²) in [5, 5.41) is 3.27. The van der Waals surface area contributed by atoms with Gasteiger partial charge in [-0.25, -0.2) is 13.1 Å². The molecule has 0 bridgehead atoms. The summed E-state index contributed by atoms with van der Waals surface area (Å²) in [6.45, 7) is 2.58. The van der Waals surface area contributed by atoms with Crippen molar-refractivity contribution in [2.45, 2.75) is 17.7 Å². The Hall–Kier alpha value is -0.620. The minimum absolute atomic E-state index is 0. The van der Waals surface area contributed by atoms with Crippen LogP contribution in [0.3, 0.4) is 0 Å². The van der Waals surface area contributed by atoms with E-state index in [0.717, 1.165) is 25.9 Å². The van der Waals surface area contributed by atoms with Gasteiger partial charge in [0.2, 0.25) is 10.0 Å². The predicted octanol–water partition coefficient (Wildman–Crippen LogP) is 1.39. The van der Waals surface area contributed by atoms with Gasteiger partial charge in [-0.2, -0.15) is 0 Å². The second-order valence-electron chi connectivity index (χ2n) is 4.36. The van der Waals surface area contributed by atoms with Crippen LogP contribution in [0.1, 0.15) is 12.8 Å². The molecular weight excluding hydrogens is 272 g/mol. The zero-order valence-electron chi connectivity index (χ0n) is 10.1. The molecule has 1 heterocycles. The maximum atomic E-state index is 11.9. The van der Waals surface area contributed by atoms with Crippen molar-refractivity contribution in [3.8, 4) is 0 Å². The second-order valence-corrected chi connectivity index (χ2v) is 6.13. The number of hydrogen-bond donors (Lipinski definition) is 2. The van der Waals surface area contributed by atoms with Crippen LogP contribution in [-0.2, 0) is 10.0 Å². The summed E-state index contributed by atoms with van der Waals surface area (Å²) in [5.74, 6) is 0.605. The third-order valence-corrected chi connectivity index (χ3v) is 4.54. The van der Waals surface area contributed by atoms with Gasteiger partial charge in [-0.05, 0) is 44.0 Å². The Morgan fingerprint density at radius 2 is 2.00 bits per heavy atom. The minimum atomic E-state index is -3.32. The molecule has 0 spiro atoms. The molecular formula is C12H19ClN2O2S. The first-order valence-electron chi connectivity index (χ1n) is 5.94. The van der Waals surface area contributed by atoms with Gasteiger partial charge >= 0.3 is 0 Å². The van der Waals surface area contributed by atoms with Crippen molar-refractivity contribution in [2.75, 3.05) is 19.6 Å². The van der Waals surface area contributed by atoms with Crippen LogP contribution < -0.4 is 10.0 Å². The van der Waals surface area contributed by atoms with E-state index in [-0.39, 0.29) is 12.4 Å².